The van der Waals surface area contributed by atoms with Crippen LogP contribution in [0.15, 0.2) is 42.5 Å². The van der Waals surface area contributed by atoms with Gasteiger partial charge in [-0.15, -0.1) is 0 Å². The lowest BCUT2D eigenvalue weighted by atomic mass is 9.90. The molecule has 0 radical (unpaired) electrons. The fourth-order valence-electron chi connectivity index (χ4n) is 5.49. The molecule has 37 heavy (non-hydrogen) atoms. The van der Waals surface area contributed by atoms with E-state index in [2.05, 4.69) is 0 Å². The van der Waals surface area contributed by atoms with Gasteiger partial charge in [-0.2, -0.15) is 0 Å². The quantitative estimate of drug-likeness (QED) is 0.447. The van der Waals surface area contributed by atoms with Crippen LogP contribution in [0.2, 0.25) is 0 Å². The number of nitrogens with two attached hydrogens (primary N) is 1. The van der Waals surface area contributed by atoms with Crippen LogP contribution in [0.4, 0.5) is 4.39 Å². The summed E-state index contributed by atoms with van der Waals surface area (Å²) in [6.07, 6.45) is 0.839. The van der Waals surface area contributed by atoms with Crippen LogP contribution in [0, 0.1) is 19.7 Å². The van der Waals surface area contributed by atoms with Gasteiger partial charge in [0.15, 0.2) is 6.61 Å². The Labute approximate surface area is 214 Å². The SMILES string of the molecule is Cc1cc(OCC(N)=O)cc(C)c1-c1ccc(F)c2c1CC[C@H]2Oc1ccc2c(c1)OC[C@H]2CC(=O)O. The first-order chi connectivity index (χ1) is 17.7. The summed E-state index contributed by atoms with van der Waals surface area (Å²) in [6.45, 7) is 4.04. The molecule has 3 aromatic rings. The van der Waals surface area contributed by atoms with Gasteiger partial charge in [-0.05, 0) is 78.8 Å². The van der Waals surface area contributed by atoms with E-state index in [0.29, 0.717) is 42.3 Å². The maximum Gasteiger partial charge on any atom is 0.304 e. The van der Waals surface area contributed by atoms with Gasteiger partial charge in [-0.25, -0.2) is 4.39 Å². The molecule has 1 heterocycles. The minimum Gasteiger partial charge on any atom is -0.492 e. The molecule has 1 amide bonds. The Kier molecular flexibility index (Phi) is 6.50. The molecule has 0 unspecified atom stereocenters. The highest BCUT2D eigenvalue weighted by Gasteiger charge is 2.32. The average Bonchev–Trinajstić information content (AvgIpc) is 3.43. The number of carboxylic acids is 1. The molecule has 7 nitrogen and oxygen atoms in total. The molecule has 0 spiro atoms. The number of amides is 1. The summed E-state index contributed by atoms with van der Waals surface area (Å²) in [7, 11) is 0. The maximum atomic E-state index is 15.1. The minimum absolute atomic E-state index is 0.00821. The first-order valence-electron chi connectivity index (χ1n) is 12.2. The van der Waals surface area contributed by atoms with Crippen molar-refractivity contribution >= 4 is 11.9 Å². The molecule has 0 bridgehead atoms. The molecule has 0 saturated carbocycles. The number of aryl methyl sites for hydroxylation is 2. The van der Waals surface area contributed by atoms with Crippen molar-refractivity contribution in [1.82, 2.24) is 0 Å². The molecule has 8 heteroatoms. The third-order valence-corrected chi connectivity index (χ3v) is 7.00. The Balaban J connectivity index is 1.42. The molecule has 2 aliphatic rings. The molecule has 3 N–H and O–H groups in total. The van der Waals surface area contributed by atoms with E-state index in [0.717, 1.165) is 33.4 Å². The van der Waals surface area contributed by atoms with Crippen LogP contribution in [0.1, 0.15) is 52.7 Å². The number of aliphatic carboxylic acids is 1. The number of rotatable bonds is 8. The van der Waals surface area contributed by atoms with Gasteiger partial charge < -0.3 is 25.1 Å². The second-order valence-electron chi connectivity index (χ2n) is 9.62. The summed E-state index contributed by atoms with van der Waals surface area (Å²) in [6, 6.07) is 12.4. The zero-order valence-corrected chi connectivity index (χ0v) is 20.7. The lowest BCUT2D eigenvalue weighted by Gasteiger charge is -2.19. The number of benzene rings is 3. The van der Waals surface area contributed by atoms with Crippen molar-refractivity contribution in [2.24, 2.45) is 5.73 Å². The first kappa shape index (κ1) is 24.6. The van der Waals surface area contributed by atoms with Crippen molar-refractivity contribution in [3.05, 3.63) is 76.1 Å². The van der Waals surface area contributed by atoms with Crippen LogP contribution in [0.3, 0.4) is 0 Å². The highest BCUT2D eigenvalue weighted by molar-refractivity contribution is 5.77. The standard InChI is InChI=1S/C29H28FNO6/c1-15-9-19(35-14-26(31)32)10-16(2)28(15)21-5-7-23(30)29-22(21)6-8-24(29)37-18-3-4-20-17(11-27(33)34)13-36-25(20)12-18/h3-5,7,9-10,12,17,24H,6,8,11,13-14H2,1-2H3,(H2,31,32)(H,33,34)/t17-,24-/m1/s1. The number of primary amides is 1. The number of carbonyl (C=O) groups excluding carboxylic acids is 1. The van der Waals surface area contributed by atoms with Gasteiger partial charge in [-0.1, -0.05) is 12.1 Å². The summed E-state index contributed by atoms with van der Waals surface area (Å²) in [5.74, 6) is -0.181. The number of carboxylic acid groups (broad SMARTS) is 1. The normalized spacial score (nSPS) is 17.6. The maximum absolute atomic E-state index is 15.1. The Bertz CT molecular complexity index is 1380. The van der Waals surface area contributed by atoms with Crippen molar-refractivity contribution in [3.8, 4) is 28.4 Å². The fourth-order valence-corrected chi connectivity index (χ4v) is 5.49. The predicted molar refractivity (Wildman–Crippen MR) is 135 cm³/mol. The van der Waals surface area contributed by atoms with Gasteiger partial charge in [0.25, 0.3) is 5.91 Å². The Morgan fingerprint density at radius 2 is 1.86 bits per heavy atom. The zero-order valence-electron chi connectivity index (χ0n) is 20.7. The van der Waals surface area contributed by atoms with E-state index < -0.39 is 18.0 Å². The van der Waals surface area contributed by atoms with Gasteiger partial charge in [0, 0.05) is 23.1 Å². The first-order valence-corrected chi connectivity index (χ1v) is 12.2. The molecule has 0 aromatic heterocycles. The van der Waals surface area contributed by atoms with Crippen molar-refractivity contribution in [3.63, 3.8) is 0 Å². The largest absolute Gasteiger partial charge is 0.492 e. The van der Waals surface area contributed by atoms with Crippen molar-refractivity contribution in [1.29, 1.82) is 0 Å². The molecule has 3 aromatic carbocycles. The lowest BCUT2D eigenvalue weighted by Crippen LogP contribution is -2.20. The summed E-state index contributed by atoms with van der Waals surface area (Å²) in [5.41, 5.74) is 11.4. The van der Waals surface area contributed by atoms with E-state index in [1.807, 2.05) is 38.1 Å². The lowest BCUT2D eigenvalue weighted by molar-refractivity contribution is -0.137. The number of ether oxygens (including phenoxy) is 3. The Hall–Kier alpha value is -4.07. The number of hydrogen-bond donors (Lipinski definition) is 2. The predicted octanol–water partition coefficient (Wildman–Crippen LogP) is 4.99. The van der Waals surface area contributed by atoms with Crippen molar-refractivity contribution < 1.29 is 33.3 Å². The van der Waals surface area contributed by atoms with Gasteiger partial charge >= 0.3 is 5.97 Å². The molecule has 5 rings (SSSR count). The molecule has 192 valence electrons. The second-order valence-corrected chi connectivity index (χ2v) is 9.62. The van der Waals surface area contributed by atoms with E-state index in [9.17, 15) is 9.59 Å². The summed E-state index contributed by atoms with van der Waals surface area (Å²) in [4.78, 5) is 22.2. The highest BCUT2D eigenvalue weighted by Crippen LogP contribution is 2.45. The van der Waals surface area contributed by atoms with E-state index >= 15 is 4.39 Å². The number of carbonyl (C=O) groups is 2. The third-order valence-electron chi connectivity index (χ3n) is 7.00. The van der Waals surface area contributed by atoms with Gasteiger partial charge in [0.1, 0.15) is 29.2 Å². The highest BCUT2D eigenvalue weighted by atomic mass is 19.1. The Morgan fingerprint density at radius 3 is 2.57 bits per heavy atom. The Morgan fingerprint density at radius 1 is 1.11 bits per heavy atom. The zero-order chi connectivity index (χ0) is 26.3. The van der Waals surface area contributed by atoms with Gasteiger partial charge in [-0.3, -0.25) is 9.59 Å². The molecule has 2 atom stereocenters. The number of hydrogen-bond acceptors (Lipinski definition) is 5. The number of halogens is 1. The van der Waals surface area contributed by atoms with Gasteiger partial charge in [0.2, 0.25) is 0 Å². The summed E-state index contributed by atoms with van der Waals surface area (Å²) >= 11 is 0. The average molecular weight is 506 g/mol. The summed E-state index contributed by atoms with van der Waals surface area (Å²) in [5, 5.41) is 9.12. The van der Waals surface area contributed by atoms with Crippen molar-refractivity contribution in [2.75, 3.05) is 13.2 Å². The smallest absolute Gasteiger partial charge is 0.304 e. The fraction of sp³-hybridized carbons (Fsp3) is 0.310. The van der Waals surface area contributed by atoms with Crippen LogP contribution in [-0.2, 0) is 16.0 Å². The monoisotopic (exact) mass is 505 g/mol. The van der Waals surface area contributed by atoms with E-state index in [1.54, 1.807) is 12.1 Å². The van der Waals surface area contributed by atoms with Crippen LogP contribution in [-0.4, -0.2) is 30.2 Å². The molecule has 0 saturated heterocycles. The van der Waals surface area contributed by atoms with Crippen LogP contribution in [0.5, 0.6) is 17.2 Å². The second kappa shape index (κ2) is 9.76. The molecular formula is C29H28FNO6. The summed E-state index contributed by atoms with van der Waals surface area (Å²) < 4.78 is 32.6. The molecular weight excluding hydrogens is 477 g/mol. The minimum atomic E-state index is -0.867. The topological polar surface area (TPSA) is 108 Å². The van der Waals surface area contributed by atoms with Crippen LogP contribution in [0.25, 0.3) is 11.1 Å². The van der Waals surface area contributed by atoms with Crippen LogP contribution < -0.4 is 19.9 Å². The number of fused-ring (bicyclic) bond motifs is 2. The van der Waals surface area contributed by atoms with Crippen LogP contribution >= 0.6 is 0 Å². The van der Waals surface area contributed by atoms with E-state index in [1.165, 1.54) is 6.07 Å². The van der Waals surface area contributed by atoms with Crippen molar-refractivity contribution in [2.45, 2.75) is 45.1 Å². The van der Waals surface area contributed by atoms with Gasteiger partial charge in [0.05, 0.1) is 13.0 Å². The van der Waals surface area contributed by atoms with E-state index in [4.69, 9.17) is 25.1 Å². The third kappa shape index (κ3) is 4.83. The molecule has 1 aliphatic carbocycles. The molecule has 0 fully saturated rings. The molecule has 1 aliphatic heterocycles. The van der Waals surface area contributed by atoms with E-state index in [-0.39, 0.29) is 24.8 Å².